The highest BCUT2D eigenvalue weighted by molar-refractivity contribution is 5.94. The smallest absolute Gasteiger partial charge is 0.340 e. The zero-order valence-corrected chi connectivity index (χ0v) is 14.9. The number of alkyl halides is 3. The van der Waals surface area contributed by atoms with Crippen molar-refractivity contribution in [2.45, 2.75) is 39.9 Å². The third kappa shape index (κ3) is 4.24. The Hall–Kier alpha value is -2.24. The maximum atomic E-state index is 12.9. The monoisotopic (exact) mass is 352 g/mol. The summed E-state index contributed by atoms with van der Waals surface area (Å²) in [6, 6.07) is 7.13. The Morgan fingerprint density at radius 1 is 1.20 bits per heavy atom. The van der Waals surface area contributed by atoms with Crippen molar-refractivity contribution in [1.29, 1.82) is 0 Å². The van der Waals surface area contributed by atoms with E-state index in [0.717, 1.165) is 29.8 Å². The molecule has 1 aromatic carbocycles. The molecule has 25 heavy (non-hydrogen) atoms. The van der Waals surface area contributed by atoms with Gasteiger partial charge in [0.2, 0.25) is 0 Å². The van der Waals surface area contributed by atoms with E-state index in [-0.39, 0.29) is 12.5 Å². The number of aromatic nitrogens is 1. The molecule has 2 aromatic rings. The number of carbonyl (C=O) groups is 1. The SMILES string of the molecule is CCCN(C)C(=O)c1c(C)cc(C)n1Cc1cccc(C(F)(F)F)c1. The molecule has 2 rings (SSSR count). The molecule has 0 aliphatic heterocycles. The van der Waals surface area contributed by atoms with Gasteiger partial charge in [-0.1, -0.05) is 19.1 Å². The maximum absolute atomic E-state index is 12.9. The number of amides is 1. The van der Waals surface area contributed by atoms with E-state index in [0.29, 0.717) is 17.8 Å². The van der Waals surface area contributed by atoms with E-state index in [1.165, 1.54) is 6.07 Å². The highest BCUT2D eigenvalue weighted by atomic mass is 19.4. The summed E-state index contributed by atoms with van der Waals surface area (Å²) < 4.78 is 40.6. The molecule has 0 bridgehead atoms. The first kappa shape index (κ1) is 19.1. The summed E-state index contributed by atoms with van der Waals surface area (Å²) >= 11 is 0. The lowest BCUT2D eigenvalue weighted by atomic mass is 10.1. The van der Waals surface area contributed by atoms with Crippen molar-refractivity contribution in [3.8, 4) is 0 Å². The zero-order valence-electron chi connectivity index (χ0n) is 14.9. The Bertz CT molecular complexity index is 763. The molecule has 0 radical (unpaired) electrons. The molecule has 6 heteroatoms. The van der Waals surface area contributed by atoms with Crippen LogP contribution in [0.15, 0.2) is 30.3 Å². The maximum Gasteiger partial charge on any atom is 0.416 e. The highest BCUT2D eigenvalue weighted by Gasteiger charge is 2.30. The van der Waals surface area contributed by atoms with E-state index in [4.69, 9.17) is 0 Å². The van der Waals surface area contributed by atoms with Crippen molar-refractivity contribution < 1.29 is 18.0 Å². The predicted molar refractivity (Wildman–Crippen MR) is 91.7 cm³/mol. The Morgan fingerprint density at radius 3 is 2.48 bits per heavy atom. The van der Waals surface area contributed by atoms with Gasteiger partial charge in [-0.3, -0.25) is 4.79 Å². The van der Waals surface area contributed by atoms with E-state index in [1.807, 2.05) is 26.8 Å². The fourth-order valence-corrected chi connectivity index (χ4v) is 2.98. The summed E-state index contributed by atoms with van der Waals surface area (Å²) in [6.45, 7) is 6.56. The third-order valence-electron chi connectivity index (χ3n) is 4.20. The van der Waals surface area contributed by atoms with Gasteiger partial charge in [0.05, 0.1) is 5.56 Å². The van der Waals surface area contributed by atoms with Crippen molar-refractivity contribution in [2.75, 3.05) is 13.6 Å². The van der Waals surface area contributed by atoms with Crippen LogP contribution in [-0.2, 0) is 12.7 Å². The summed E-state index contributed by atoms with van der Waals surface area (Å²) in [4.78, 5) is 14.4. The Kier molecular flexibility index (Phi) is 5.60. The van der Waals surface area contributed by atoms with Crippen LogP contribution >= 0.6 is 0 Å². The quantitative estimate of drug-likeness (QED) is 0.769. The van der Waals surface area contributed by atoms with Crippen LogP contribution in [0.25, 0.3) is 0 Å². The van der Waals surface area contributed by atoms with Crippen LogP contribution in [0.5, 0.6) is 0 Å². The minimum Gasteiger partial charge on any atom is -0.340 e. The second-order valence-corrected chi connectivity index (χ2v) is 6.33. The summed E-state index contributed by atoms with van der Waals surface area (Å²) in [6.07, 6.45) is -3.54. The zero-order chi connectivity index (χ0) is 18.8. The van der Waals surface area contributed by atoms with Crippen LogP contribution in [0, 0.1) is 13.8 Å². The molecule has 1 aromatic heterocycles. The van der Waals surface area contributed by atoms with Crippen molar-refractivity contribution >= 4 is 5.91 Å². The van der Waals surface area contributed by atoms with E-state index >= 15 is 0 Å². The molecule has 0 aliphatic carbocycles. The molecule has 0 atom stereocenters. The first-order valence-corrected chi connectivity index (χ1v) is 8.23. The number of rotatable bonds is 5. The third-order valence-corrected chi connectivity index (χ3v) is 4.20. The molecule has 0 N–H and O–H groups in total. The van der Waals surface area contributed by atoms with Crippen LogP contribution in [-0.4, -0.2) is 29.0 Å². The van der Waals surface area contributed by atoms with E-state index in [9.17, 15) is 18.0 Å². The van der Waals surface area contributed by atoms with Gasteiger partial charge >= 0.3 is 6.18 Å². The Labute approximate surface area is 146 Å². The first-order valence-electron chi connectivity index (χ1n) is 8.23. The lowest BCUT2D eigenvalue weighted by Gasteiger charge is -2.19. The summed E-state index contributed by atoms with van der Waals surface area (Å²) in [7, 11) is 1.74. The van der Waals surface area contributed by atoms with E-state index in [2.05, 4.69) is 0 Å². The average molecular weight is 352 g/mol. The van der Waals surface area contributed by atoms with Crippen molar-refractivity contribution in [3.63, 3.8) is 0 Å². The number of nitrogens with zero attached hydrogens (tertiary/aromatic N) is 2. The average Bonchev–Trinajstić information content (AvgIpc) is 2.80. The second-order valence-electron chi connectivity index (χ2n) is 6.33. The van der Waals surface area contributed by atoms with Crippen LogP contribution in [0.4, 0.5) is 13.2 Å². The molecule has 3 nitrogen and oxygen atoms in total. The number of benzene rings is 1. The predicted octanol–water partition coefficient (Wildman–Crippen LogP) is 4.65. The highest BCUT2D eigenvalue weighted by Crippen LogP contribution is 2.30. The van der Waals surface area contributed by atoms with Crippen LogP contribution < -0.4 is 0 Å². The molecular formula is C19H23F3N2O. The standard InChI is InChI=1S/C19H23F3N2O/c1-5-9-23(4)18(25)17-13(2)10-14(3)24(17)12-15-7-6-8-16(11-15)19(20,21)22/h6-8,10-11H,5,9,12H2,1-4H3. The Balaban J connectivity index is 2.39. The molecule has 0 aliphatic rings. The van der Waals surface area contributed by atoms with Gasteiger partial charge in [-0.15, -0.1) is 0 Å². The fraction of sp³-hybridized carbons (Fsp3) is 0.421. The summed E-state index contributed by atoms with van der Waals surface area (Å²) in [5.41, 5.74) is 2.05. The number of hydrogen-bond donors (Lipinski definition) is 0. The largest absolute Gasteiger partial charge is 0.416 e. The van der Waals surface area contributed by atoms with E-state index in [1.54, 1.807) is 22.6 Å². The molecule has 0 spiro atoms. The van der Waals surface area contributed by atoms with Crippen molar-refractivity contribution in [3.05, 3.63) is 58.4 Å². The first-order chi connectivity index (χ1) is 11.6. The van der Waals surface area contributed by atoms with Gasteiger partial charge in [0.1, 0.15) is 5.69 Å². The number of aryl methyl sites for hydroxylation is 2. The number of carbonyl (C=O) groups excluding carboxylic acids is 1. The topological polar surface area (TPSA) is 25.2 Å². The normalized spacial score (nSPS) is 11.6. The number of halogens is 3. The van der Waals surface area contributed by atoms with Gasteiger partial charge in [0.15, 0.2) is 0 Å². The van der Waals surface area contributed by atoms with Gasteiger partial charge in [0.25, 0.3) is 5.91 Å². The van der Waals surface area contributed by atoms with Gasteiger partial charge in [0, 0.05) is 25.8 Å². The van der Waals surface area contributed by atoms with Crippen LogP contribution in [0.1, 0.15) is 46.2 Å². The van der Waals surface area contributed by atoms with Crippen LogP contribution in [0.3, 0.4) is 0 Å². The minimum atomic E-state index is -4.38. The van der Waals surface area contributed by atoms with Gasteiger partial charge in [-0.25, -0.2) is 0 Å². The molecule has 0 unspecified atom stereocenters. The van der Waals surface area contributed by atoms with E-state index < -0.39 is 11.7 Å². The molecule has 1 amide bonds. The van der Waals surface area contributed by atoms with Gasteiger partial charge < -0.3 is 9.47 Å². The summed E-state index contributed by atoms with van der Waals surface area (Å²) in [5, 5.41) is 0. The molecule has 1 heterocycles. The summed E-state index contributed by atoms with van der Waals surface area (Å²) in [5.74, 6) is -0.112. The van der Waals surface area contributed by atoms with Crippen molar-refractivity contribution in [2.24, 2.45) is 0 Å². The Morgan fingerprint density at radius 2 is 1.88 bits per heavy atom. The van der Waals surface area contributed by atoms with Gasteiger partial charge in [-0.2, -0.15) is 13.2 Å². The lowest BCUT2D eigenvalue weighted by molar-refractivity contribution is -0.137. The molecule has 0 fully saturated rings. The fourth-order valence-electron chi connectivity index (χ4n) is 2.98. The second kappa shape index (κ2) is 7.33. The lowest BCUT2D eigenvalue weighted by Crippen LogP contribution is -2.30. The molecular weight excluding hydrogens is 329 g/mol. The van der Waals surface area contributed by atoms with Crippen molar-refractivity contribution in [1.82, 2.24) is 9.47 Å². The molecule has 0 saturated carbocycles. The molecule has 136 valence electrons. The van der Waals surface area contributed by atoms with Gasteiger partial charge in [-0.05, 0) is 49.6 Å². The molecule has 0 saturated heterocycles. The minimum absolute atomic E-state index is 0.112. The van der Waals surface area contributed by atoms with Crippen LogP contribution in [0.2, 0.25) is 0 Å². The number of hydrogen-bond acceptors (Lipinski definition) is 1.